The molecule has 1 aromatic carbocycles. The molecule has 0 radical (unpaired) electrons. The minimum Gasteiger partial charge on any atom is -0.461 e. The topological polar surface area (TPSA) is 90.4 Å². The molecule has 0 fully saturated rings. The molecule has 2 heterocycles. The number of ether oxygens (including phenoxy) is 1. The Labute approximate surface area is 157 Å². The van der Waals surface area contributed by atoms with Crippen molar-refractivity contribution in [2.75, 3.05) is 6.61 Å². The molecule has 0 aliphatic rings. The Bertz CT molecular complexity index is 830. The molecule has 7 heteroatoms. The van der Waals surface area contributed by atoms with Crippen molar-refractivity contribution in [2.45, 2.75) is 32.9 Å². The molecule has 7 nitrogen and oxygen atoms in total. The molecule has 3 rings (SSSR count). The first-order chi connectivity index (χ1) is 13.2. The van der Waals surface area contributed by atoms with Crippen LogP contribution in [0.3, 0.4) is 0 Å². The third-order valence-electron chi connectivity index (χ3n) is 4.32. The van der Waals surface area contributed by atoms with Gasteiger partial charge in [-0.3, -0.25) is 4.79 Å². The summed E-state index contributed by atoms with van der Waals surface area (Å²) >= 11 is 0. The number of carbonyl (C=O) groups excluding carboxylic acids is 1. The fourth-order valence-electron chi connectivity index (χ4n) is 2.60. The highest BCUT2D eigenvalue weighted by molar-refractivity contribution is 5.77. The average Bonchev–Trinajstić information content (AvgIpc) is 3.38. The van der Waals surface area contributed by atoms with E-state index >= 15 is 0 Å². The number of furan rings is 1. The fraction of sp³-hybridized carbons (Fsp3) is 0.350. The van der Waals surface area contributed by atoms with E-state index in [2.05, 4.69) is 15.5 Å². The van der Waals surface area contributed by atoms with Gasteiger partial charge in [0.15, 0.2) is 5.76 Å². The third kappa shape index (κ3) is 5.04. The van der Waals surface area contributed by atoms with Crippen molar-refractivity contribution in [3.63, 3.8) is 0 Å². The second kappa shape index (κ2) is 9.14. The van der Waals surface area contributed by atoms with Crippen LogP contribution in [0.5, 0.6) is 0 Å². The Morgan fingerprint density at radius 1 is 1.22 bits per heavy atom. The average molecular weight is 369 g/mol. The van der Waals surface area contributed by atoms with E-state index in [0.717, 1.165) is 12.0 Å². The molecule has 0 aliphatic carbocycles. The molecule has 27 heavy (non-hydrogen) atoms. The van der Waals surface area contributed by atoms with E-state index in [-0.39, 0.29) is 24.5 Å². The van der Waals surface area contributed by atoms with Crippen molar-refractivity contribution in [3.8, 4) is 11.6 Å². The molecular formula is C20H23N3O4. The summed E-state index contributed by atoms with van der Waals surface area (Å²) in [6.45, 7) is 4.40. The summed E-state index contributed by atoms with van der Waals surface area (Å²) in [6.07, 6.45) is 2.39. The molecule has 1 N–H and O–H groups in total. The number of nitrogens with one attached hydrogen (secondary N) is 1. The van der Waals surface area contributed by atoms with E-state index < -0.39 is 0 Å². The van der Waals surface area contributed by atoms with Crippen LogP contribution in [0.4, 0.5) is 0 Å². The summed E-state index contributed by atoms with van der Waals surface area (Å²) in [5, 5.41) is 6.88. The SMILES string of the molecule is CCC(C)C(NC(=O)COCc1ccccc1)c1nc(-c2ccco2)no1. The quantitative estimate of drug-likeness (QED) is 0.618. The van der Waals surface area contributed by atoms with Crippen molar-refractivity contribution < 1.29 is 18.5 Å². The minimum atomic E-state index is -0.390. The maximum atomic E-state index is 12.3. The number of amides is 1. The number of aromatic nitrogens is 2. The Hall–Kier alpha value is -2.93. The monoisotopic (exact) mass is 369 g/mol. The van der Waals surface area contributed by atoms with Gasteiger partial charge in [-0.05, 0) is 23.6 Å². The summed E-state index contributed by atoms with van der Waals surface area (Å²) in [7, 11) is 0. The zero-order valence-electron chi connectivity index (χ0n) is 15.4. The van der Waals surface area contributed by atoms with Gasteiger partial charge < -0.3 is 19.0 Å². The lowest BCUT2D eigenvalue weighted by atomic mass is 9.99. The summed E-state index contributed by atoms with van der Waals surface area (Å²) in [5.41, 5.74) is 1.02. The molecule has 0 saturated carbocycles. The molecule has 142 valence electrons. The maximum absolute atomic E-state index is 12.3. The third-order valence-corrected chi connectivity index (χ3v) is 4.32. The van der Waals surface area contributed by atoms with Crippen LogP contribution in [-0.4, -0.2) is 22.7 Å². The van der Waals surface area contributed by atoms with Crippen LogP contribution in [0.15, 0.2) is 57.7 Å². The highest BCUT2D eigenvalue weighted by atomic mass is 16.5. The van der Waals surface area contributed by atoms with Crippen molar-refractivity contribution >= 4 is 5.91 Å². The standard InChI is InChI=1S/C20H23N3O4/c1-3-14(2)18(20-22-19(23-27-20)16-10-7-11-26-16)21-17(24)13-25-12-15-8-5-4-6-9-15/h4-11,14,18H,3,12-13H2,1-2H3,(H,21,24). The Kier molecular flexibility index (Phi) is 6.38. The van der Waals surface area contributed by atoms with Gasteiger partial charge in [0.1, 0.15) is 12.6 Å². The zero-order valence-corrected chi connectivity index (χ0v) is 15.4. The van der Waals surface area contributed by atoms with Crippen LogP contribution in [0, 0.1) is 5.92 Å². The lowest BCUT2D eigenvalue weighted by Crippen LogP contribution is -2.35. The second-order valence-electron chi connectivity index (χ2n) is 6.34. The first-order valence-corrected chi connectivity index (χ1v) is 8.96. The predicted octanol–water partition coefficient (Wildman–Crippen LogP) is 3.75. The van der Waals surface area contributed by atoms with E-state index in [1.54, 1.807) is 18.4 Å². The molecule has 0 saturated heterocycles. The van der Waals surface area contributed by atoms with E-state index in [0.29, 0.717) is 24.1 Å². The largest absolute Gasteiger partial charge is 0.461 e. The first kappa shape index (κ1) is 18.8. The second-order valence-corrected chi connectivity index (χ2v) is 6.34. The predicted molar refractivity (Wildman–Crippen MR) is 98.4 cm³/mol. The summed E-state index contributed by atoms with van der Waals surface area (Å²) in [4.78, 5) is 16.7. The Morgan fingerprint density at radius 3 is 2.74 bits per heavy atom. The molecule has 0 bridgehead atoms. The van der Waals surface area contributed by atoms with E-state index in [4.69, 9.17) is 13.7 Å². The van der Waals surface area contributed by atoms with Gasteiger partial charge in [-0.2, -0.15) is 4.98 Å². The number of benzene rings is 1. The number of nitrogens with zero attached hydrogens (tertiary/aromatic N) is 2. The van der Waals surface area contributed by atoms with Crippen LogP contribution in [0.2, 0.25) is 0 Å². The van der Waals surface area contributed by atoms with Crippen molar-refractivity contribution in [1.29, 1.82) is 0 Å². The van der Waals surface area contributed by atoms with Gasteiger partial charge in [-0.15, -0.1) is 0 Å². The molecule has 2 unspecified atom stereocenters. The number of rotatable bonds is 9. The molecule has 1 amide bonds. The van der Waals surface area contributed by atoms with Crippen molar-refractivity contribution in [3.05, 3.63) is 60.2 Å². The zero-order chi connectivity index (χ0) is 19.1. The van der Waals surface area contributed by atoms with Crippen molar-refractivity contribution in [1.82, 2.24) is 15.5 Å². The molecule has 2 atom stereocenters. The maximum Gasteiger partial charge on any atom is 0.249 e. The van der Waals surface area contributed by atoms with E-state index in [1.165, 1.54) is 0 Å². The number of hydrogen-bond donors (Lipinski definition) is 1. The molecule has 2 aromatic heterocycles. The van der Waals surface area contributed by atoms with E-state index in [9.17, 15) is 4.79 Å². The number of hydrogen-bond acceptors (Lipinski definition) is 6. The summed E-state index contributed by atoms with van der Waals surface area (Å²) < 4.78 is 16.2. The number of carbonyl (C=O) groups is 1. The normalized spacial score (nSPS) is 13.3. The smallest absolute Gasteiger partial charge is 0.249 e. The molecule has 0 spiro atoms. The van der Waals surface area contributed by atoms with Gasteiger partial charge in [-0.25, -0.2) is 0 Å². The lowest BCUT2D eigenvalue weighted by molar-refractivity contribution is -0.127. The molecule has 0 aliphatic heterocycles. The molecular weight excluding hydrogens is 346 g/mol. The van der Waals surface area contributed by atoms with Gasteiger partial charge in [0.25, 0.3) is 0 Å². The Morgan fingerprint density at radius 2 is 2.04 bits per heavy atom. The van der Waals surface area contributed by atoms with E-state index in [1.807, 2.05) is 44.2 Å². The molecule has 3 aromatic rings. The minimum absolute atomic E-state index is 0.0407. The van der Waals surface area contributed by atoms with Crippen LogP contribution in [0.25, 0.3) is 11.6 Å². The highest BCUT2D eigenvalue weighted by Crippen LogP contribution is 2.25. The van der Waals surface area contributed by atoms with Gasteiger partial charge in [-0.1, -0.05) is 55.8 Å². The van der Waals surface area contributed by atoms with Gasteiger partial charge in [0.2, 0.25) is 17.6 Å². The summed E-state index contributed by atoms with van der Waals surface area (Å²) in [5.74, 6) is 1.12. The van der Waals surface area contributed by atoms with Crippen LogP contribution in [-0.2, 0) is 16.1 Å². The first-order valence-electron chi connectivity index (χ1n) is 8.96. The van der Waals surface area contributed by atoms with Gasteiger partial charge in [0, 0.05) is 0 Å². The van der Waals surface area contributed by atoms with Crippen LogP contribution in [0.1, 0.15) is 37.8 Å². The van der Waals surface area contributed by atoms with Gasteiger partial charge in [0.05, 0.1) is 12.9 Å². The lowest BCUT2D eigenvalue weighted by Gasteiger charge is -2.20. The summed E-state index contributed by atoms with van der Waals surface area (Å²) in [6, 6.07) is 12.8. The van der Waals surface area contributed by atoms with Gasteiger partial charge >= 0.3 is 0 Å². The van der Waals surface area contributed by atoms with Crippen molar-refractivity contribution in [2.24, 2.45) is 5.92 Å². The highest BCUT2D eigenvalue weighted by Gasteiger charge is 2.26. The fourth-order valence-corrected chi connectivity index (χ4v) is 2.60. The van der Waals surface area contributed by atoms with Crippen LogP contribution >= 0.6 is 0 Å². The van der Waals surface area contributed by atoms with Crippen LogP contribution < -0.4 is 5.32 Å². The Balaban J connectivity index is 1.60.